The molecule has 0 aromatic heterocycles. The number of rotatable bonds is 5. The number of hydrogen-bond donors (Lipinski definition) is 1. The Morgan fingerprint density at radius 2 is 2.00 bits per heavy atom. The maximum Gasteiger partial charge on any atom is 0.0940 e. The zero-order valence-electron chi connectivity index (χ0n) is 8.26. The van der Waals surface area contributed by atoms with Crippen molar-refractivity contribution in [1.82, 2.24) is 5.32 Å². The van der Waals surface area contributed by atoms with Crippen LogP contribution in [0.15, 0.2) is 0 Å². The van der Waals surface area contributed by atoms with E-state index in [1.807, 2.05) is 21.1 Å². The number of likely N-dealkylation sites (N-methyl/N-ethyl adjacent to an activating group) is 2. The number of nitrogens with one attached hydrogen (secondary N) is 1. The van der Waals surface area contributed by atoms with Crippen LogP contribution in [0.1, 0.15) is 6.42 Å². The Labute approximate surface area is 73.8 Å². The van der Waals surface area contributed by atoms with Crippen molar-refractivity contribution in [3.05, 3.63) is 0 Å². The minimum Gasteiger partial charge on any atom is -0.550 e. The quantitative estimate of drug-likeness (QED) is 0.512. The van der Waals surface area contributed by atoms with Gasteiger partial charge in [0.05, 0.1) is 33.7 Å². The molecule has 72 valence electrons. The fourth-order valence-electron chi connectivity index (χ4n) is 1.12. The van der Waals surface area contributed by atoms with Crippen molar-refractivity contribution >= 4 is 5.97 Å². The van der Waals surface area contributed by atoms with E-state index in [0.717, 1.165) is 11.0 Å². The van der Waals surface area contributed by atoms with Crippen molar-refractivity contribution in [2.24, 2.45) is 0 Å². The molecule has 0 aliphatic rings. The average molecular weight is 174 g/mol. The first-order valence-electron chi connectivity index (χ1n) is 4.02. The van der Waals surface area contributed by atoms with Crippen LogP contribution in [-0.4, -0.2) is 51.2 Å². The van der Waals surface area contributed by atoms with Gasteiger partial charge in [0, 0.05) is 12.4 Å². The maximum absolute atomic E-state index is 10.3. The number of carbonyl (C=O) groups excluding carboxylic acids is 1. The lowest BCUT2D eigenvalue weighted by molar-refractivity contribution is -0.871. The molecule has 0 heterocycles. The molecule has 0 amide bonds. The van der Waals surface area contributed by atoms with Gasteiger partial charge in [-0.15, -0.1) is 0 Å². The molecular formula is C8H18N2O2. The van der Waals surface area contributed by atoms with Crippen molar-refractivity contribution < 1.29 is 14.4 Å². The van der Waals surface area contributed by atoms with E-state index in [-0.39, 0.29) is 12.5 Å². The van der Waals surface area contributed by atoms with Gasteiger partial charge in [0.2, 0.25) is 0 Å². The van der Waals surface area contributed by atoms with Gasteiger partial charge in [-0.3, -0.25) is 0 Å². The van der Waals surface area contributed by atoms with Crippen LogP contribution in [0.4, 0.5) is 0 Å². The van der Waals surface area contributed by atoms with Gasteiger partial charge in [0.1, 0.15) is 0 Å². The summed E-state index contributed by atoms with van der Waals surface area (Å²) in [4.78, 5) is 10.3. The summed E-state index contributed by atoms with van der Waals surface area (Å²) in [6.45, 7) is 0.782. The molecule has 0 fully saturated rings. The van der Waals surface area contributed by atoms with Crippen molar-refractivity contribution in [3.63, 3.8) is 0 Å². The lowest BCUT2D eigenvalue weighted by Gasteiger charge is -2.29. The highest BCUT2D eigenvalue weighted by Gasteiger charge is 2.15. The Hall–Kier alpha value is -0.610. The number of hydrogen-bond acceptors (Lipinski definition) is 3. The lowest BCUT2D eigenvalue weighted by atomic mass is 10.2. The molecule has 0 radical (unpaired) electrons. The van der Waals surface area contributed by atoms with Crippen molar-refractivity contribution in [2.45, 2.75) is 12.5 Å². The Balaban J connectivity index is 3.92. The summed E-state index contributed by atoms with van der Waals surface area (Å²) in [6.07, 6.45) is 0.0754. The first-order chi connectivity index (χ1) is 5.35. The average Bonchev–Trinajstić information content (AvgIpc) is 1.82. The molecule has 1 N–H and O–H groups in total. The molecule has 1 atom stereocenters. The largest absolute Gasteiger partial charge is 0.550 e. The Morgan fingerprint density at radius 3 is 2.25 bits per heavy atom. The highest BCUT2D eigenvalue weighted by atomic mass is 16.4. The van der Waals surface area contributed by atoms with E-state index in [9.17, 15) is 9.90 Å². The smallest absolute Gasteiger partial charge is 0.0940 e. The molecule has 0 saturated heterocycles. The molecule has 0 rings (SSSR count). The molecular weight excluding hydrogens is 156 g/mol. The fraction of sp³-hybridized carbons (Fsp3) is 0.875. The van der Waals surface area contributed by atoms with E-state index in [0.29, 0.717) is 0 Å². The standard InChI is InChI=1S/C8H18N2O2/c1-9-7(5-8(11)12)6-10(2,3)4/h7,9H,5-6H2,1-4H3. The number of carboxylic acid groups (broad SMARTS) is 1. The zero-order chi connectivity index (χ0) is 9.78. The molecule has 0 spiro atoms. The van der Waals surface area contributed by atoms with E-state index >= 15 is 0 Å². The zero-order valence-corrected chi connectivity index (χ0v) is 8.26. The summed E-state index contributed by atoms with van der Waals surface area (Å²) in [5.41, 5.74) is 0. The number of quaternary nitrogens is 1. The lowest BCUT2D eigenvalue weighted by Crippen LogP contribution is -2.48. The van der Waals surface area contributed by atoms with E-state index in [1.165, 1.54) is 0 Å². The number of nitrogens with zero attached hydrogens (tertiary/aromatic N) is 1. The minimum absolute atomic E-state index is 0.00463. The molecule has 12 heavy (non-hydrogen) atoms. The predicted octanol–water partition coefficient (Wildman–Crippen LogP) is -1.58. The van der Waals surface area contributed by atoms with Crippen LogP contribution >= 0.6 is 0 Å². The van der Waals surface area contributed by atoms with Crippen molar-refractivity contribution in [1.29, 1.82) is 0 Å². The van der Waals surface area contributed by atoms with Crippen molar-refractivity contribution in [2.75, 3.05) is 34.7 Å². The van der Waals surface area contributed by atoms with Gasteiger partial charge in [-0.1, -0.05) is 0 Å². The first kappa shape index (κ1) is 11.4. The van der Waals surface area contributed by atoms with Gasteiger partial charge in [-0.05, 0) is 7.05 Å². The summed E-state index contributed by atoms with van der Waals surface area (Å²) in [5.74, 6) is -0.997. The molecule has 4 nitrogen and oxygen atoms in total. The summed E-state index contributed by atoms with van der Waals surface area (Å²) in [7, 11) is 7.85. The molecule has 0 saturated carbocycles. The SMILES string of the molecule is CNC(CC(=O)[O-])C[N+](C)(C)C. The van der Waals surface area contributed by atoms with E-state index in [1.54, 1.807) is 7.05 Å². The second-order valence-corrected chi connectivity index (χ2v) is 4.03. The normalized spacial score (nSPS) is 14.3. The Kier molecular flexibility index (Phi) is 4.20. The van der Waals surface area contributed by atoms with Crippen LogP contribution in [0.25, 0.3) is 0 Å². The molecule has 0 aromatic rings. The topological polar surface area (TPSA) is 52.2 Å². The molecule has 0 aliphatic carbocycles. The summed E-state index contributed by atoms with van der Waals surface area (Å²) < 4.78 is 0.749. The first-order valence-corrected chi connectivity index (χ1v) is 4.02. The minimum atomic E-state index is -0.997. The number of aliphatic carboxylic acids is 1. The van der Waals surface area contributed by atoms with E-state index < -0.39 is 5.97 Å². The third-order valence-corrected chi connectivity index (χ3v) is 1.59. The van der Waals surface area contributed by atoms with Crippen LogP contribution in [0.3, 0.4) is 0 Å². The fourth-order valence-corrected chi connectivity index (χ4v) is 1.12. The maximum atomic E-state index is 10.3. The highest BCUT2D eigenvalue weighted by Crippen LogP contribution is 1.97. The van der Waals surface area contributed by atoms with Gasteiger partial charge in [0.25, 0.3) is 0 Å². The monoisotopic (exact) mass is 174 g/mol. The van der Waals surface area contributed by atoms with E-state index in [2.05, 4.69) is 5.32 Å². The summed E-state index contributed by atoms with van der Waals surface area (Å²) in [5, 5.41) is 13.2. The van der Waals surface area contributed by atoms with Crippen LogP contribution in [0.5, 0.6) is 0 Å². The van der Waals surface area contributed by atoms with Gasteiger partial charge < -0.3 is 19.7 Å². The third-order valence-electron chi connectivity index (χ3n) is 1.59. The molecule has 0 aromatic carbocycles. The van der Waals surface area contributed by atoms with Gasteiger partial charge in [0.15, 0.2) is 0 Å². The van der Waals surface area contributed by atoms with Crippen LogP contribution < -0.4 is 10.4 Å². The number of carboxylic acids is 1. The third kappa shape index (κ3) is 6.12. The van der Waals surface area contributed by atoms with Crippen molar-refractivity contribution in [3.8, 4) is 0 Å². The van der Waals surface area contributed by atoms with Crippen LogP contribution in [0.2, 0.25) is 0 Å². The predicted molar refractivity (Wildman–Crippen MR) is 45.4 cm³/mol. The van der Waals surface area contributed by atoms with Gasteiger partial charge >= 0.3 is 0 Å². The summed E-state index contributed by atoms with van der Waals surface area (Å²) in [6, 6.07) is -0.00463. The second kappa shape index (κ2) is 4.42. The van der Waals surface area contributed by atoms with Gasteiger partial charge in [-0.2, -0.15) is 0 Å². The van der Waals surface area contributed by atoms with Crippen LogP contribution in [0, 0.1) is 0 Å². The highest BCUT2D eigenvalue weighted by molar-refractivity contribution is 5.65. The molecule has 0 bridgehead atoms. The van der Waals surface area contributed by atoms with Crippen LogP contribution in [-0.2, 0) is 4.79 Å². The number of carbonyl (C=O) groups is 1. The van der Waals surface area contributed by atoms with Gasteiger partial charge in [-0.25, -0.2) is 0 Å². The Bertz CT molecular complexity index is 152. The summed E-state index contributed by atoms with van der Waals surface area (Å²) >= 11 is 0. The molecule has 4 heteroatoms. The Morgan fingerprint density at radius 1 is 1.50 bits per heavy atom. The second-order valence-electron chi connectivity index (χ2n) is 4.03. The molecule has 0 aliphatic heterocycles. The molecule has 1 unspecified atom stereocenters. The van der Waals surface area contributed by atoms with E-state index in [4.69, 9.17) is 0 Å².